The van der Waals surface area contributed by atoms with Crippen LogP contribution in [0.5, 0.6) is 0 Å². The first-order valence-corrected chi connectivity index (χ1v) is 5.02. The van der Waals surface area contributed by atoms with Gasteiger partial charge in [0.2, 0.25) is 11.7 Å². The van der Waals surface area contributed by atoms with Gasteiger partial charge in [-0.05, 0) is 6.07 Å². The van der Waals surface area contributed by atoms with Crippen LogP contribution < -0.4 is 5.73 Å². The molecule has 17 heavy (non-hydrogen) atoms. The number of aromatic nitrogens is 2. The SMILES string of the molecule is CC(F)(F)c1cccc(-c2noc(CN)n2)c1. The van der Waals surface area contributed by atoms with Gasteiger partial charge in [0.15, 0.2) is 0 Å². The van der Waals surface area contributed by atoms with E-state index >= 15 is 0 Å². The van der Waals surface area contributed by atoms with Gasteiger partial charge in [-0.1, -0.05) is 23.4 Å². The molecule has 1 aromatic carbocycles. The minimum absolute atomic E-state index is 0.0888. The smallest absolute Gasteiger partial charge is 0.270 e. The van der Waals surface area contributed by atoms with Crippen molar-refractivity contribution < 1.29 is 13.3 Å². The molecule has 0 fully saturated rings. The summed E-state index contributed by atoms with van der Waals surface area (Å²) in [4.78, 5) is 3.97. The highest BCUT2D eigenvalue weighted by Crippen LogP contribution is 2.29. The summed E-state index contributed by atoms with van der Waals surface area (Å²) in [5.74, 6) is -2.36. The average molecular weight is 239 g/mol. The van der Waals surface area contributed by atoms with Crippen LogP contribution in [0.3, 0.4) is 0 Å². The normalized spacial score (nSPS) is 11.8. The van der Waals surface area contributed by atoms with Gasteiger partial charge in [-0.15, -0.1) is 0 Å². The van der Waals surface area contributed by atoms with Crippen molar-refractivity contribution >= 4 is 0 Å². The van der Waals surface area contributed by atoms with E-state index in [0.29, 0.717) is 5.56 Å². The first kappa shape index (κ1) is 11.7. The minimum Gasteiger partial charge on any atom is -0.338 e. The summed E-state index contributed by atoms with van der Waals surface area (Å²) in [5.41, 5.74) is 5.71. The van der Waals surface area contributed by atoms with Gasteiger partial charge in [-0.3, -0.25) is 0 Å². The number of nitrogens with two attached hydrogens (primary N) is 1. The zero-order chi connectivity index (χ0) is 12.5. The van der Waals surface area contributed by atoms with E-state index in [0.717, 1.165) is 6.92 Å². The van der Waals surface area contributed by atoms with E-state index < -0.39 is 5.92 Å². The Hall–Kier alpha value is -1.82. The molecule has 0 aliphatic carbocycles. The van der Waals surface area contributed by atoms with Crippen LogP contribution in [0, 0.1) is 0 Å². The quantitative estimate of drug-likeness (QED) is 0.892. The summed E-state index contributed by atoms with van der Waals surface area (Å²) >= 11 is 0. The molecule has 0 bridgehead atoms. The monoisotopic (exact) mass is 239 g/mol. The van der Waals surface area contributed by atoms with Crippen LogP contribution in [0.25, 0.3) is 11.4 Å². The first-order chi connectivity index (χ1) is 8.00. The minimum atomic E-state index is -2.89. The molecule has 2 N–H and O–H groups in total. The van der Waals surface area contributed by atoms with Crippen molar-refractivity contribution in [2.45, 2.75) is 19.4 Å². The predicted octanol–water partition coefficient (Wildman–Crippen LogP) is 2.31. The Morgan fingerprint density at radius 2 is 2.18 bits per heavy atom. The van der Waals surface area contributed by atoms with E-state index in [-0.39, 0.29) is 23.8 Å². The maximum Gasteiger partial charge on any atom is 0.270 e. The fraction of sp³-hybridized carbons (Fsp3) is 0.273. The molecule has 0 radical (unpaired) electrons. The van der Waals surface area contributed by atoms with E-state index in [1.807, 2.05) is 0 Å². The Kier molecular flexibility index (Phi) is 2.89. The van der Waals surface area contributed by atoms with Gasteiger partial charge in [-0.2, -0.15) is 4.98 Å². The molecule has 0 aliphatic heterocycles. The van der Waals surface area contributed by atoms with Crippen LogP contribution in [0.15, 0.2) is 28.8 Å². The third-order valence-corrected chi connectivity index (χ3v) is 2.27. The third kappa shape index (κ3) is 2.47. The Bertz CT molecular complexity index is 519. The summed E-state index contributed by atoms with van der Waals surface area (Å²) in [6, 6.07) is 5.86. The van der Waals surface area contributed by atoms with E-state index in [2.05, 4.69) is 10.1 Å². The van der Waals surface area contributed by atoms with Crippen LogP contribution in [-0.4, -0.2) is 10.1 Å². The third-order valence-electron chi connectivity index (χ3n) is 2.27. The number of rotatable bonds is 3. The molecule has 2 rings (SSSR count). The molecule has 0 saturated carbocycles. The summed E-state index contributed by atoms with van der Waals surface area (Å²) < 4.78 is 31.1. The van der Waals surface area contributed by atoms with Crippen molar-refractivity contribution in [3.63, 3.8) is 0 Å². The zero-order valence-corrected chi connectivity index (χ0v) is 9.15. The standard InChI is InChI=1S/C11H11F2N3O/c1-11(12,13)8-4-2-3-7(5-8)10-15-9(6-14)17-16-10/h2-5H,6,14H2,1H3. The fourth-order valence-electron chi connectivity index (χ4n) is 1.39. The summed E-state index contributed by atoms with van der Waals surface area (Å²) in [7, 11) is 0. The summed E-state index contributed by atoms with van der Waals surface area (Å²) in [6.07, 6.45) is 0. The van der Waals surface area contributed by atoms with Gasteiger partial charge in [-0.25, -0.2) is 8.78 Å². The molecule has 0 spiro atoms. The van der Waals surface area contributed by atoms with Crippen LogP contribution in [0.2, 0.25) is 0 Å². The highest BCUT2D eigenvalue weighted by molar-refractivity contribution is 5.55. The lowest BCUT2D eigenvalue weighted by Crippen LogP contribution is -2.06. The second-order valence-electron chi connectivity index (χ2n) is 3.69. The van der Waals surface area contributed by atoms with Gasteiger partial charge < -0.3 is 10.3 Å². The number of alkyl halides is 2. The van der Waals surface area contributed by atoms with Crippen LogP contribution in [0.4, 0.5) is 8.78 Å². The molecule has 1 aromatic heterocycles. The Balaban J connectivity index is 2.39. The number of halogens is 2. The average Bonchev–Trinajstić information content (AvgIpc) is 2.76. The van der Waals surface area contributed by atoms with Gasteiger partial charge >= 0.3 is 0 Å². The molecule has 4 nitrogen and oxygen atoms in total. The molecule has 6 heteroatoms. The lowest BCUT2D eigenvalue weighted by atomic mass is 10.1. The molecule has 0 amide bonds. The largest absolute Gasteiger partial charge is 0.338 e. The second kappa shape index (κ2) is 4.21. The Morgan fingerprint density at radius 1 is 1.41 bits per heavy atom. The van der Waals surface area contributed by atoms with Gasteiger partial charge in [0.05, 0.1) is 6.54 Å². The van der Waals surface area contributed by atoms with Gasteiger partial charge in [0, 0.05) is 18.1 Å². The topological polar surface area (TPSA) is 64.9 Å². The predicted molar refractivity (Wildman–Crippen MR) is 57.2 cm³/mol. The maximum absolute atomic E-state index is 13.1. The molecular formula is C11H11F2N3O. The number of benzene rings is 1. The Labute approximate surface area is 96.4 Å². The van der Waals surface area contributed by atoms with Crippen LogP contribution in [-0.2, 0) is 12.5 Å². The molecule has 0 unspecified atom stereocenters. The van der Waals surface area contributed by atoms with Crippen molar-refractivity contribution in [1.82, 2.24) is 10.1 Å². The summed E-state index contributed by atoms with van der Waals surface area (Å²) in [5, 5.41) is 3.67. The second-order valence-corrected chi connectivity index (χ2v) is 3.69. The van der Waals surface area contributed by atoms with Crippen molar-refractivity contribution in [2.75, 3.05) is 0 Å². The maximum atomic E-state index is 13.1. The van der Waals surface area contributed by atoms with E-state index in [1.54, 1.807) is 6.07 Å². The number of hydrogen-bond acceptors (Lipinski definition) is 4. The number of hydrogen-bond donors (Lipinski definition) is 1. The van der Waals surface area contributed by atoms with Crippen molar-refractivity contribution in [3.05, 3.63) is 35.7 Å². The lowest BCUT2D eigenvalue weighted by molar-refractivity contribution is 0.0175. The van der Waals surface area contributed by atoms with E-state index in [9.17, 15) is 8.78 Å². The summed E-state index contributed by atoms with van der Waals surface area (Å²) in [6.45, 7) is 0.963. The molecule has 0 saturated heterocycles. The lowest BCUT2D eigenvalue weighted by Gasteiger charge is -2.10. The highest BCUT2D eigenvalue weighted by atomic mass is 19.3. The molecule has 1 heterocycles. The van der Waals surface area contributed by atoms with Crippen molar-refractivity contribution in [1.29, 1.82) is 0 Å². The molecule has 90 valence electrons. The zero-order valence-electron chi connectivity index (χ0n) is 9.15. The van der Waals surface area contributed by atoms with Crippen molar-refractivity contribution in [2.24, 2.45) is 5.73 Å². The number of nitrogens with zero attached hydrogens (tertiary/aromatic N) is 2. The van der Waals surface area contributed by atoms with E-state index in [4.69, 9.17) is 10.3 Å². The molecule has 0 aliphatic rings. The van der Waals surface area contributed by atoms with Crippen LogP contribution in [0.1, 0.15) is 18.4 Å². The molecule has 0 atom stereocenters. The fourth-order valence-corrected chi connectivity index (χ4v) is 1.39. The molecular weight excluding hydrogens is 228 g/mol. The van der Waals surface area contributed by atoms with Gasteiger partial charge in [0.25, 0.3) is 5.92 Å². The van der Waals surface area contributed by atoms with E-state index in [1.165, 1.54) is 18.2 Å². The van der Waals surface area contributed by atoms with Crippen molar-refractivity contribution in [3.8, 4) is 11.4 Å². The molecule has 2 aromatic rings. The highest BCUT2D eigenvalue weighted by Gasteiger charge is 2.24. The van der Waals surface area contributed by atoms with Crippen LogP contribution >= 0.6 is 0 Å². The first-order valence-electron chi connectivity index (χ1n) is 5.02. The Morgan fingerprint density at radius 3 is 2.76 bits per heavy atom. The van der Waals surface area contributed by atoms with Gasteiger partial charge in [0.1, 0.15) is 0 Å².